The van der Waals surface area contributed by atoms with Gasteiger partial charge in [0.2, 0.25) is 0 Å². The molecule has 0 aliphatic heterocycles. The summed E-state index contributed by atoms with van der Waals surface area (Å²) in [4.78, 5) is 21.1. The summed E-state index contributed by atoms with van der Waals surface area (Å²) in [5, 5.41) is 0. The van der Waals surface area contributed by atoms with Crippen molar-refractivity contribution < 1.29 is 4.79 Å². The Morgan fingerprint density at radius 3 is 1.68 bits per heavy atom. The Kier molecular flexibility index (Phi) is 6.26. The van der Waals surface area contributed by atoms with Gasteiger partial charge >= 0.3 is 0 Å². The molecule has 2 aromatic rings. The van der Waals surface area contributed by atoms with Crippen LogP contribution in [0.4, 0.5) is 0 Å². The third-order valence-electron chi connectivity index (χ3n) is 4.09. The first-order valence-electron chi connectivity index (χ1n) is 8.00. The summed E-state index contributed by atoms with van der Waals surface area (Å²) in [7, 11) is 0. The van der Waals surface area contributed by atoms with E-state index in [-0.39, 0.29) is 11.8 Å². The smallest absolute Gasteiger partial charge is 0.138 e. The lowest BCUT2D eigenvalue weighted by molar-refractivity contribution is -0.126. The molecule has 0 radical (unpaired) electrons. The van der Waals surface area contributed by atoms with Crippen LogP contribution in [0.25, 0.3) is 0 Å². The van der Waals surface area contributed by atoms with Crippen LogP contribution >= 0.6 is 0 Å². The predicted octanol–water partition coefficient (Wildman–Crippen LogP) is 3.88. The van der Waals surface area contributed by atoms with E-state index in [2.05, 4.69) is 9.97 Å². The zero-order chi connectivity index (χ0) is 15.8. The summed E-state index contributed by atoms with van der Waals surface area (Å²) < 4.78 is 0. The molecule has 2 atom stereocenters. The van der Waals surface area contributed by atoms with Gasteiger partial charge in [-0.3, -0.25) is 14.8 Å². The van der Waals surface area contributed by atoms with Gasteiger partial charge in [-0.2, -0.15) is 0 Å². The zero-order valence-corrected chi connectivity index (χ0v) is 13.4. The van der Waals surface area contributed by atoms with Gasteiger partial charge in [0.1, 0.15) is 5.78 Å². The molecule has 3 heteroatoms. The molecular weight excluding hydrogens is 272 g/mol. The lowest BCUT2D eigenvalue weighted by Crippen LogP contribution is -2.20. The van der Waals surface area contributed by atoms with Crippen molar-refractivity contribution in [3.8, 4) is 0 Å². The highest BCUT2D eigenvalue weighted by atomic mass is 16.1. The summed E-state index contributed by atoms with van der Waals surface area (Å²) in [5.74, 6) is 0.522. The van der Waals surface area contributed by atoms with Gasteiger partial charge in [-0.15, -0.1) is 0 Å². The molecule has 2 heterocycles. The van der Waals surface area contributed by atoms with Gasteiger partial charge in [-0.25, -0.2) is 0 Å². The first-order valence-corrected chi connectivity index (χ1v) is 8.00. The van der Waals surface area contributed by atoms with Crippen molar-refractivity contribution in [1.29, 1.82) is 0 Å². The van der Waals surface area contributed by atoms with E-state index < -0.39 is 0 Å². The van der Waals surface area contributed by atoms with Gasteiger partial charge in [0.15, 0.2) is 0 Å². The van der Waals surface area contributed by atoms with Gasteiger partial charge in [0, 0.05) is 35.6 Å². The zero-order valence-electron chi connectivity index (χ0n) is 13.4. The van der Waals surface area contributed by atoms with Crippen molar-refractivity contribution in [2.24, 2.45) is 11.8 Å². The molecule has 0 N–H and O–H groups in total. The Bertz CT molecular complexity index is 517. The highest BCUT2D eigenvalue weighted by molar-refractivity contribution is 5.82. The number of pyridine rings is 2. The Labute approximate surface area is 132 Å². The molecule has 0 aliphatic carbocycles. The first-order chi connectivity index (χ1) is 10.7. The maximum Gasteiger partial charge on any atom is 0.138 e. The molecule has 2 aromatic heterocycles. The molecule has 22 heavy (non-hydrogen) atoms. The molecule has 0 saturated carbocycles. The monoisotopic (exact) mass is 296 g/mol. The van der Waals surface area contributed by atoms with Gasteiger partial charge < -0.3 is 0 Å². The minimum absolute atomic E-state index is 0.0840. The molecule has 0 aromatic carbocycles. The minimum atomic E-state index is 0.0840. The van der Waals surface area contributed by atoms with Gasteiger partial charge in [-0.1, -0.05) is 26.0 Å². The number of aryl methyl sites for hydroxylation is 2. The highest BCUT2D eigenvalue weighted by Crippen LogP contribution is 2.17. The number of hydrogen-bond acceptors (Lipinski definition) is 3. The van der Waals surface area contributed by atoms with Crippen LogP contribution in [0.1, 0.15) is 38.1 Å². The SMILES string of the molecule is C[C@H](CCc1ccccn1)C(=O)[C@@H](C)CCc1ccccn1. The molecule has 116 valence electrons. The third kappa shape index (κ3) is 5.06. The minimum Gasteiger partial charge on any atom is -0.299 e. The Morgan fingerprint density at radius 1 is 0.864 bits per heavy atom. The van der Waals surface area contributed by atoms with Crippen LogP contribution in [0.5, 0.6) is 0 Å². The Balaban J connectivity index is 1.77. The number of carbonyl (C=O) groups is 1. The van der Waals surface area contributed by atoms with E-state index in [4.69, 9.17) is 0 Å². The van der Waals surface area contributed by atoms with E-state index in [0.717, 1.165) is 37.1 Å². The molecule has 2 rings (SSSR count). The maximum absolute atomic E-state index is 12.4. The van der Waals surface area contributed by atoms with Crippen LogP contribution in [0.2, 0.25) is 0 Å². The lowest BCUT2D eigenvalue weighted by Gasteiger charge is -2.16. The summed E-state index contributed by atoms with van der Waals surface area (Å²) in [6.07, 6.45) is 7.06. The molecule has 0 bridgehead atoms. The van der Waals surface area contributed by atoms with Crippen LogP contribution < -0.4 is 0 Å². The summed E-state index contributed by atoms with van der Waals surface area (Å²) in [5.41, 5.74) is 2.12. The van der Waals surface area contributed by atoms with Gasteiger partial charge in [0.05, 0.1) is 0 Å². The molecule has 0 spiro atoms. The van der Waals surface area contributed by atoms with E-state index in [1.54, 1.807) is 12.4 Å². The molecule has 0 fully saturated rings. The van der Waals surface area contributed by atoms with Crippen molar-refractivity contribution >= 4 is 5.78 Å². The van der Waals surface area contributed by atoms with E-state index in [9.17, 15) is 4.79 Å². The number of carbonyl (C=O) groups excluding carboxylic acids is 1. The summed E-state index contributed by atoms with van der Waals surface area (Å²) in [6.45, 7) is 4.06. The van der Waals surface area contributed by atoms with E-state index in [0.29, 0.717) is 5.78 Å². The van der Waals surface area contributed by atoms with E-state index in [1.165, 1.54) is 0 Å². The van der Waals surface area contributed by atoms with Crippen LogP contribution in [0.3, 0.4) is 0 Å². The van der Waals surface area contributed by atoms with Gasteiger partial charge in [-0.05, 0) is 49.9 Å². The topological polar surface area (TPSA) is 42.9 Å². The number of aromatic nitrogens is 2. The lowest BCUT2D eigenvalue weighted by atomic mass is 9.88. The highest BCUT2D eigenvalue weighted by Gasteiger charge is 2.19. The van der Waals surface area contributed by atoms with E-state index in [1.807, 2.05) is 50.2 Å². The number of ketones is 1. The van der Waals surface area contributed by atoms with Crippen molar-refractivity contribution in [3.05, 3.63) is 60.2 Å². The van der Waals surface area contributed by atoms with Gasteiger partial charge in [0.25, 0.3) is 0 Å². The van der Waals surface area contributed by atoms with Crippen molar-refractivity contribution in [2.75, 3.05) is 0 Å². The average Bonchev–Trinajstić information content (AvgIpc) is 2.58. The first kappa shape index (κ1) is 16.3. The molecule has 0 saturated heterocycles. The second kappa shape index (κ2) is 8.42. The van der Waals surface area contributed by atoms with Crippen molar-refractivity contribution in [1.82, 2.24) is 9.97 Å². The number of Topliss-reactive ketones (excluding diaryl/α,β-unsaturated/α-hetero) is 1. The maximum atomic E-state index is 12.4. The largest absolute Gasteiger partial charge is 0.299 e. The molecular formula is C19H24N2O. The fourth-order valence-corrected chi connectivity index (χ4v) is 2.59. The molecule has 0 aliphatic rings. The fraction of sp³-hybridized carbons (Fsp3) is 0.421. The number of nitrogens with zero attached hydrogens (tertiary/aromatic N) is 2. The van der Waals surface area contributed by atoms with Crippen molar-refractivity contribution in [3.63, 3.8) is 0 Å². The van der Waals surface area contributed by atoms with Crippen molar-refractivity contribution in [2.45, 2.75) is 39.5 Å². The van der Waals surface area contributed by atoms with Crippen LogP contribution in [0.15, 0.2) is 48.8 Å². The number of rotatable bonds is 8. The van der Waals surface area contributed by atoms with Crippen LogP contribution in [-0.2, 0) is 17.6 Å². The quantitative estimate of drug-likeness (QED) is 0.742. The summed E-state index contributed by atoms with van der Waals surface area (Å²) >= 11 is 0. The fourth-order valence-electron chi connectivity index (χ4n) is 2.59. The standard InChI is InChI=1S/C19H24N2O/c1-15(9-11-17-7-3-5-13-20-17)19(22)16(2)10-12-18-8-4-6-14-21-18/h3-8,13-16H,9-12H2,1-2H3/t15-,16+. The van der Waals surface area contributed by atoms with Crippen LogP contribution in [0, 0.1) is 11.8 Å². The molecule has 0 unspecified atom stereocenters. The summed E-state index contributed by atoms with van der Waals surface area (Å²) in [6, 6.07) is 11.8. The third-order valence-corrected chi connectivity index (χ3v) is 4.09. The molecule has 3 nitrogen and oxygen atoms in total. The second-order valence-electron chi connectivity index (χ2n) is 5.92. The van der Waals surface area contributed by atoms with E-state index >= 15 is 0 Å². The number of hydrogen-bond donors (Lipinski definition) is 0. The molecule has 0 amide bonds. The average molecular weight is 296 g/mol. The Hall–Kier alpha value is -2.03. The second-order valence-corrected chi connectivity index (χ2v) is 5.92. The normalized spacial score (nSPS) is 13.5. The Morgan fingerprint density at radius 2 is 1.32 bits per heavy atom. The predicted molar refractivity (Wildman–Crippen MR) is 88.5 cm³/mol. The van der Waals surface area contributed by atoms with Crippen LogP contribution in [-0.4, -0.2) is 15.8 Å².